The van der Waals surface area contributed by atoms with E-state index >= 15 is 0 Å². The largest absolute Gasteiger partial charge is 0.508 e. The van der Waals surface area contributed by atoms with Gasteiger partial charge in [0, 0.05) is 11.6 Å². The highest BCUT2D eigenvalue weighted by atomic mass is 17.2. The number of benzene rings is 2. The first-order valence-corrected chi connectivity index (χ1v) is 7.38. The van der Waals surface area contributed by atoms with Crippen molar-refractivity contribution in [1.29, 1.82) is 0 Å². The highest BCUT2D eigenvalue weighted by molar-refractivity contribution is 5.46. The molecule has 2 aromatic rings. The minimum Gasteiger partial charge on any atom is -0.508 e. The molecule has 0 saturated heterocycles. The standard InChI is InChI=1S/C18H22O4/c1-11(2)13-8-14(19)10-15(9-13)21-22-17-7-5-6-16(12(3)4)18(17)20/h5-12,19-20H,1-4H3. The first kappa shape index (κ1) is 16.0. The van der Waals surface area contributed by atoms with Crippen LogP contribution in [-0.4, -0.2) is 10.2 Å². The average Bonchev–Trinajstić information content (AvgIpc) is 2.45. The van der Waals surface area contributed by atoms with Crippen molar-refractivity contribution in [1.82, 2.24) is 0 Å². The molecule has 2 N–H and O–H groups in total. The van der Waals surface area contributed by atoms with E-state index in [9.17, 15) is 10.2 Å². The fraction of sp³-hybridized carbons (Fsp3) is 0.333. The molecule has 0 aromatic heterocycles. The van der Waals surface area contributed by atoms with Crippen LogP contribution < -0.4 is 9.78 Å². The molecule has 0 saturated carbocycles. The molecule has 0 aliphatic heterocycles. The number of hydrogen-bond donors (Lipinski definition) is 2. The van der Waals surface area contributed by atoms with Gasteiger partial charge in [-0.05, 0) is 35.6 Å². The normalized spacial score (nSPS) is 11.0. The molecule has 2 rings (SSSR count). The second-order valence-corrected chi connectivity index (χ2v) is 5.93. The first-order valence-electron chi connectivity index (χ1n) is 7.38. The van der Waals surface area contributed by atoms with Gasteiger partial charge in [-0.2, -0.15) is 0 Å². The van der Waals surface area contributed by atoms with Gasteiger partial charge in [0.05, 0.1) is 0 Å². The second-order valence-electron chi connectivity index (χ2n) is 5.93. The third kappa shape index (κ3) is 3.64. The number of rotatable bonds is 5. The van der Waals surface area contributed by atoms with Gasteiger partial charge in [-0.15, -0.1) is 0 Å². The summed E-state index contributed by atoms with van der Waals surface area (Å²) in [5.41, 5.74) is 1.73. The van der Waals surface area contributed by atoms with Gasteiger partial charge in [0.2, 0.25) is 5.75 Å². The Hall–Kier alpha value is -2.36. The summed E-state index contributed by atoms with van der Waals surface area (Å²) in [6, 6.07) is 10.2. The van der Waals surface area contributed by atoms with Crippen LogP contribution in [-0.2, 0) is 0 Å². The van der Waals surface area contributed by atoms with Crippen molar-refractivity contribution < 1.29 is 20.0 Å². The first-order chi connectivity index (χ1) is 10.4. The molecule has 0 radical (unpaired) electrons. The molecule has 0 aliphatic rings. The zero-order chi connectivity index (χ0) is 16.3. The van der Waals surface area contributed by atoms with Crippen molar-refractivity contribution in [3.05, 3.63) is 47.5 Å². The lowest BCUT2D eigenvalue weighted by Crippen LogP contribution is -2.02. The lowest BCUT2D eigenvalue weighted by atomic mass is 10.0. The number of hydrogen-bond acceptors (Lipinski definition) is 4. The number of phenols is 2. The summed E-state index contributed by atoms with van der Waals surface area (Å²) >= 11 is 0. The fourth-order valence-corrected chi connectivity index (χ4v) is 2.15. The molecule has 2 aromatic carbocycles. The molecular weight excluding hydrogens is 280 g/mol. The van der Waals surface area contributed by atoms with E-state index in [4.69, 9.17) is 9.78 Å². The lowest BCUT2D eigenvalue weighted by molar-refractivity contribution is -0.102. The Labute approximate surface area is 130 Å². The summed E-state index contributed by atoms with van der Waals surface area (Å²) in [5.74, 6) is 1.26. The van der Waals surface area contributed by atoms with Gasteiger partial charge in [-0.1, -0.05) is 39.8 Å². The van der Waals surface area contributed by atoms with Crippen LogP contribution in [0.5, 0.6) is 23.0 Å². The predicted molar refractivity (Wildman–Crippen MR) is 85.6 cm³/mol. The Bertz CT molecular complexity index is 648. The molecule has 0 atom stereocenters. The van der Waals surface area contributed by atoms with E-state index in [-0.39, 0.29) is 29.1 Å². The molecule has 0 heterocycles. The quantitative estimate of drug-likeness (QED) is 0.620. The molecule has 0 bridgehead atoms. The summed E-state index contributed by atoms with van der Waals surface area (Å²) in [5, 5.41) is 19.9. The van der Waals surface area contributed by atoms with Crippen molar-refractivity contribution in [2.75, 3.05) is 0 Å². The summed E-state index contributed by atoms with van der Waals surface area (Å²) in [4.78, 5) is 10.5. The maximum absolute atomic E-state index is 10.2. The Morgan fingerprint density at radius 3 is 2.23 bits per heavy atom. The van der Waals surface area contributed by atoms with E-state index in [1.807, 2.05) is 33.8 Å². The van der Waals surface area contributed by atoms with Crippen LogP contribution in [0.15, 0.2) is 36.4 Å². The van der Waals surface area contributed by atoms with Crippen LogP contribution in [0.3, 0.4) is 0 Å². The van der Waals surface area contributed by atoms with Crippen LogP contribution in [0.1, 0.15) is 50.7 Å². The molecule has 0 spiro atoms. The van der Waals surface area contributed by atoms with Crippen LogP contribution in [0.2, 0.25) is 0 Å². The SMILES string of the molecule is CC(C)c1cc(O)cc(OOc2cccc(C(C)C)c2O)c1. The molecule has 0 aliphatic carbocycles. The van der Waals surface area contributed by atoms with Gasteiger partial charge in [0.25, 0.3) is 0 Å². The van der Waals surface area contributed by atoms with E-state index in [0.717, 1.165) is 11.1 Å². The van der Waals surface area contributed by atoms with Gasteiger partial charge in [0.15, 0.2) is 11.5 Å². The van der Waals surface area contributed by atoms with E-state index in [1.54, 1.807) is 24.3 Å². The molecule has 4 heteroatoms. The monoisotopic (exact) mass is 302 g/mol. The Morgan fingerprint density at radius 1 is 0.864 bits per heavy atom. The maximum atomic E-state index is 10.2. The van der Waals surface area contributed by atoms with Crippen LogP contribution >= 0.6 is 0 Å². The topological polar surface area (TPSA) is 58.9 Å². The van der Waals surface area contributed by atoms with E-state index in [2.05, 4.69) is 0 Å². The van der Waals surface area contributed by atoms with Gasteiger partial charge in [-0.25, -0.2) is 0 Å². The maximum Gasteiger partial charge on any atom is 0.220 e. The molecule has 22 heavy (non-hydrogen) atoms. The number of aromatic hydroxyl groups is 2. The average molecular weight is 302 g/mol. The number of para-hydroxylation sites is 1. The molecule has 0 amide bonds. The van der Waals surface area contributed by atoms with Crippen molar-refractivity contribution >= 4 is 0 Å². The zero-order valence-corrected chi connectivity index (χ0v) is 13.3. The Kier molecular flexibility index (Phi) is 4.81. The molecule has 0 fully saturated rings. The van der Waals surface area contributed by atoms with Crippen LogP contribution in [0, 0.1) is 0 Å². The minimum absolute atomic E-state index is 0.0711. The molecule has 0 unspecified atom stereocenters. The Morgan fingerprint density at radius 2 is 1.59 bits per heavy atom. The van der Waals surface area contributed by atoms with Gasteiger partial charge < -0.3 is 10.2 Å². The fourth-order valence-electron chi connectivity index (χ4n) is 2.15. The highest BCUT2D eigenvalue weighted by Crippen LogP contribution is 2.35. The highest BCUT2D eigenvalue weighted by Gasteiger charge is 2.13. The minimum atomic E-state index is 0.0711. The van der Waals surface area contributed by atoms with E-state index in [0.29, 0.717) is 5.75 Å². The van der Waals surface area contributed by atoms with Gasteiger partial charge in [-0.3, -0.25) is 9.78 Å². The summed E-state index contributed by atoms with van der Waals surface area (Å²) in [6.07, 6.45) is 0. The van der Waals surface area contributed by atoms with Crippen molar-refractivity contribution in [2.45, 2.75) is 39.5 Å². The van der Waals surface area contributed by atoms with Crippen molar-refractivity contribution in [2.24, 2.45) is 0 Å². The molecule has 118 valence electrons. The van der Waals surface area contributed by atoms with Crippen molar-refractivity contribution in [3.63, 3.8) is 0 Å². The molecule has 4 nitrogen and oxygen atoms in total. The Balaban J connectivity index is 2.19. The smallest absolute Gasteiger partial charge is 0.220 e. The lowest BCUT2D eigenvalue weighted by Gasteiger charge is -2.13. The third-order valence-electron chi connectivity index (χ3n) is 3.46. The second kappa shape index (κ2) is 6.60. The predicted octanol–water partition coefficient (Wildman–Crippen LogP) is 4.72. The molecular formula is C18H22O4. The summed E-state index contributed by atoms with van der Waals surface area (Å²) < 4.78 is 0. The number of phenolic OH excluding ortho intramolecular Hbond substituents is 2. The van der Waals surface area contributed by atoms with E-state index in [1.165, 1.54) is 6.07 Å². The van der Waals surface area contributed by atoms with E-state index < -0.39 is 0 Å². The van der Waals surface area contributed by atoms with Crippen LogP contribution in [0.4, 0.5) is 0 Å². The van der Waals surface area contributed by atoms with Crippen LogP contribution in [0.25, 0.3) is 0 Å². The third-order valence-corrected chi connectivity index (χ3v) is 3.46. The zero-order valence-electron chi connectivity index (χ0n) is 13.3. The van der Waals surface area contributed by atoms with Gasteiger partial charge >= 0.3 is 0 Å². The van der Waals surface area contributed by atoms with Gasteiger partial charge in [0.1, 0.15) is 5.75 Å². The van der Waals surface area contributed by atoms with Crippen molar-refractivity contribution in [3.8, 4) is 23.0 Å². The summed E-state index contributed by atoms with van der Waals surface area (Å²) in [7, 11) is 0. The summed E-state index contributed by atoms with van der Waals surface area (Å²) in [6.45, 7) is 8.03.